The van der Waals surface area contributed by atoms with Crippen LogP contribution in [0.4, 0.5) is 20.6 Å². The van der Waals surface area contributed by atoms with Crippen LogP contribution in [0.3, 0.4) is 0 Å². The number of pyridine rings is 1. The molecule has 0 bridgehead atoms. The topological polar surface area (TPSA) is 148 Å². The quantitative estimate of drug-likeness (QED) is 0.497. The molecule has 31 heavy (non-hydrogen) atoms. The summed E-state index contributed by atoms with van der Waals surface area (Å²) in [5.41, 5.74) is 1.38. The molecule has 2 amide bonds. The van der Waals surface area contributed by atoms with Crippen LogP contribution in [-0.4, -0.2) is 47.7 Å². The SMILES string of the molecule is CO[C@@H](C)c1c(NC(=O)Nc2cnc(-n3nccn3)c(C#N)c2)cnc2cc(F)nn12. The van der Waals surface area contributed by atoms with Gasteiger partial charge in [-0.15, -0.1) is 9.90 Å². The van der Waals surface area contributed by atoms with Gasteiger partial charge in [0.1, 0.15) is 11.6 Å². The Balaban J connectivity index is 1.59. The minimum absolute atomic E-state index is 0.165. The van der Waals surface area contributed by atoms with Gasteiger partial charge >= 0.3 is 6.03 Å². The molecule has 0 saturated carbocycles. The van der Waals surface area contributed by atoms with Crippen LogP contribution in [0.5, 0.6) is 0 Å². The smallest absolute Gasteiger partial charge is 0.323 e. The van der Waals surface area contributed by atoms with Gasteiger partial charge in [-0.1, -0.05) is 0 Å². The molecule has 0 unspecified atom stereocenters. The number of hydrogen-bond donors (Lipinski definition) is 2. The predicted molar refractivity (Wildman–Crippen MR) is 105 cm³/mol. The molecular formula is C18H15FN10O2. The van der Waals surface area contributed by atoms with Crippen LogP contribution in [-0.2, 0) is 4.74 Å². The summed E-state index contributed by atoms with van der Waals surface area (Å²) in [5, 5.41) is 26.3. The van der Waals surface area contributed by atoms with Gasteiger partial charge in [0, 0.05) is 13.2 Å². The highest BCUT2D eigenvalue weighted by Gasteiger charge is 2.19. The average Bonchev–Trinajstić information content (AvgIpc) is 3.42. The lowest BCUT2D eigenvalue weighted by Gasteiger charge is -2.17. The monoisotopic (exact) mass is 422 g/mol. The summed E-state index contributed by atoms with van der Waals surface area (Å²) >= 11 is 0. The van der Waals surface area contributed by atoms with E-state index in [1.165, 1.54) is 53.3 Å². The fraction of sp³-hybridized carbons (Fsp3) is 0.167. The highest BCUT2D eigenvalue weighted by Crippen LogP contribution is 2.25. The molecule has 0 spiro atoms. The summed E-state index contributed by atoms with van der Waals surface area (Å²) in [4.78, 5) is 22.0. The normalized spacial score (nSPS) is 11.8. The lowest BCUT2D eigenvalue weighted by Crippen LogP contribution is -2.22. The van der Waals surface area contributed by atoms with Crippen LogP contribution in [0.25, 0.3) is 11.5 Å². The van der Waals surface area contributed by atoms with Gasteiger partial charge < -0.3 is 15.4 Å². The van der Waals surface area contributed by atoms with E-state index in [-0.39, 0.29) is 28.4 Å². The second-order valence-electron chi connectivity index (χ2n) is 6.28. The molecule has 0 aliphatic rings. The molecule has 0 aliphatic heterocycles. The third kappa shape index (κ3) is 3.87. The van der Waals surface area contributed by atoms with Gasteiger partial charge in [-0.2, -0.15) is 19.8 Å². The number of ether oxygens (including phenoxy) is 1. The maximum Gasteiger partial charge on any atom is 0.323 e. The third-order valence-corrected chi connectivity index (χ3v) is 4.33. The molecule has 0 radical (unpaired) electrons. The predicted octanol–water partition coefficient (Wildman–Crippen LogP) is 2.07. The summed E-state index contributed by atoms with van der Waals surface area (Å²) in [6, 6.07) is 3.97. The van der Waals surface area contributed by atoms with Crippen LogP contribution in [0.15, 0.2) is 36.9 Å². The van der Waals surface area contributed by atoms with Crippen molar-refractivity contribution in [3.63, 3.8) is 0 Å². The first-order chi connectivity index (χ1) is 15.0. The Morgan fingerprint density at radius 2 is 2.00 bits per heavy atom. The average molecular weight is 422 g/mol. The maximum atomic E-state index is 13.6. The Morgan fingerprint density at radius 3 is 2.71 bits per heavy atom. The Kier molecular flexibility index (Phi) is 5.21. The van der Waals surface area contributed by atoms with Crippen molar-refractivity contribution in [2.24, 2.45) is 0 Å². The van der Waals surface area contributed by atoms with E-state index in [1.54, 1.807) is 6.92 Å². The number of nitriles is 1. The molecule has 13 heteroatoms. The van der Waals surface area contributed by atoms with Crippen molar-refractivity contribution in [1.82, 2.24) is 34.6 Å². The van der Waals surface area contributed by atoms with Gasteiger partial charge in [-0.25, -0.2) is 19.3 Å². The number of anilines is 2. The number of nitrogens with zero attached hydrogens (tertiary/aromatic N) is 8. The second kappa shape index (κ2) is 8.13. The van der Waals surface area contributed by atoms with E-state index in [1.807, 2.05) is 6.07 Å². The first-order valence-electron chi connectivity index (χ1n) is 8.92. The molecule has 0 fully saturated rings. The van der Waals surface area contributed by atoms with E-state index < -0.39 is 18.1 Å². The van der Waals surface area contributed by atoms with Crippen molar-refractivity contribution in [3.8, 4) is 11.9 Å². The van der Waals surface area contributed by atoms with E-state index >= 15 is 0 Å². The number of rotatable bonds is 5. The molecular weight excluding hydrogens is 407 g/mol. The highest BCUT2D eigenvalue weighted by molar-refractivity contribution is 6.00. The number of carbonyl (C=O) groups is 1. The molecule has 1 atom stereocenters. The minimum atomic E-state index is -0.708. The van der Waals surface area contributed by atoms with Gasteiger partial charge in [-0.05, 0) is 13.0 Å². The Hall–Kier alpha value is -4.44. The van der Waals surface area contributed by atoms with Crippen LogP contribution >= 0.6 is 0 Å². The molecule has 0 aromatic carbocycles. The van der Waals surface area contributed by atoms with Gasteiger partial charge in [0.15, 0.2) is 11.5 Å². The Morgan fingerprint density at radius 1 is 1.23 bits per heavy atom. The van der Waals surface area contributed by atoms with Gasteiger partial charge in [0.05, 0.1) is 48.0 Å². The number of methoxy groups -OCH3 is 1. The van der Waals surface area contributed by atoms with Gasteiger partial charge in [0.2, 0.25) is 5.95 Å². The molecule has 156 valence electrons. The van der Waals surface area contributed by atoms with Crippen LogP contribution in [0.2, 0.25) is 0 Å². The molecule has 2 N–H and O–H groups in total. The van der Waals surface area contributed by atoms with Crippen LogP contribution < -0.4 is 10.6 Å². The van der Waals surface area contributed by atoms with Crippen molar-refractivity contribution >= 4 is 23.1 Å². The summed E-state index contributed by atoms with van der Waals surface area (Å²) < 4.78 is 20.2. The molecule has 4 aromatic heterocycles. The Labute approximate surface area is 174 Å². The first-order valence-corrected chi connectivity index (χ1v) is 8.92. The van der Waals surface area contributed by atoms with E-state index in [9.17, 15) is 14.4 Å². The molecule has 4 rings (SSSR count). The standard InChI is InChI=1S/C18H15FN10O2/c1-10(31-2)16-13(9-21-15-6-14(19)27-28(15)16)26-18(30)25-12-5-11(7-20)17(22-8-12)29-23-3-4-24-29/h3-6,8-10H,1-2H3,(H2,25,26,30)/t10-/m0/s1. The minimum Gasteiger partial charge on any atom is -0.375 e. The number of amides is 2. The van der Waals surface area contributed by atoms with E-state index in [0.29, 0.717) is 5.69 Å². The second-order valence-corrected chi connectivity index (χ2v) is 6.28. The lowest BCUT2D eigenvalue weighted by molar-refractivity contribution is 0.114. The van der Waals surface area contributed by atoms with Gasteiger partial charge in [0.25, 0.3) is 0 Å². The number of aromatic nitrogens is 7. The van der Waals surface area contributed by atoms with Crippen LogP contribution in [0.1, 0.15) is 24.3 Å². The largest absolute Gasteiger partial charge is 0.375 e. The summed E-state index contributed by atoms with van der Waals surface area (Å²) in [5.74, 6) is -0.481. The van der Waals surface area contributed by atoms with E-state index in [0.717, 1.165) is 0 Å². The molecule has 0 aliphatic carbocycles. The molecule has 0 saturated heterocycles. The fourth-order valence-electron chi connectivity index (χ4n) is 2.90. The molecule has 12 nitrogen and oxygen atoms in total. The summed E-state index contributed by atoms with van der Waals surface area (Å²) in [6.45, 7) is 1.72. The number of halogens is 1. The van der Waals surface area contributed by atoms with Crippen molar-refractivity contribution in [1.29, 1.82) is 5.26 Å². The highest BCUT2D eigenvalue weighted by atomic mass is 19.1. The van der Waals surface area contributed by atoms with Crippen molar-refractivity contribution < 1.29 is 13.9 Å². The number of carbonyl (C=O) groups excluding carboxylic acids is 1. The number of hydrogen-bond acceptors (Lipinski definition) is 8. The number of nitrogens with one attached hydrogen (secondary N) is 2. The third-order valence-electron chi connectivity index (χ3n) is 4.33. The Bertz CT molecular complexity index is 1290. The molecule has 4 aromatic rings. The zero-order chi connectivity index (χ0) is 22.0. The molecule has 4 heterocycles. The summed E-state index contributed by atoms with van der Waals surface area (Å²) in [6.07, 6.45) is 5.14. The van der Waals surface area contributed by atoms with Crippen molar-refractivity contribution in [2.75, 3.05) is 17.7 Å². The van der Waals surface area contributed by atoms with E-state index in [2.05, 4.69) is 35.9 Å². The zero-order valence-corrected chi connectivity index (χ0v) is 16.3. The maximum absolute atomic E-state index is 13.6. The van der Waals surface area contributed by atoms with E-state index in [4.69, 9.17) is 4.74 Å². The summed E-state index contributed by atoms with van der Waals surface area (Å²) in [7, 11) is 1.48. The van der Waals surface area contributed by atoms with Crippen molar-refractivity contribution in [2.45, 2.75) is 13.0 Å². The van der Waals surface area contributed by atoms with Crippen molar-refractivity contribution in [3.05, 3.63) is 54.1 Å². The fourth-order valence-corrected chi connectivity index (χ4v) is 2.90. The number of fused-ring (bicyclic) bond motifs is 1. The number of urea groups is 1. The zero-order valence-electron chi connectivity index (χ0n) is 16.3. The lowest BCUT2D eigenvalue weighted by atomic mass is 10.2. The van der Waals surface area contributed by atoms with Crippen LogP contribution in [0, 0.1) is 17.3 Å². The first kappa shape index (κ1) is 19.9. The van der Waals surface area contributed by atoms with Gasteiger partial charge in [-0.3, -0.25) is 0 Å².